The monoisotopic (exact) mass is 519 g/mol. The number of hydrogen-bond acceptors (Lipinski definition) is 4. The predicted octanol–water partition coefficient (Wildman–Crippen LogP) is 5.08. The molecule has 0 saturated carbocycles. The topological polar surface area (TPSA) is 78.8 Å². The van der Waals surface area contributed by atoms with Gasteiger partial charge in [0.1, 0.15) is 0 Å². The van der Waals surface area contributed by atoms with Crippen molar-refractivity contribution in [2.24, 2.45) is 5.10 Å². The molecule has 1 aliphatic rings. The SMILES string of the molecule is O=C(N/N=C/c1ccccc1Br)c1ccc(CN2c3cccc4cccc(c34)S2(=O)=O)cc1. The number of nitrogens with one attached hydrogen (secondary N) is 1. The summed E-state index contributed by atoms with van der Waals surface area (Å²) in [4.78, 5) is 12.7. The van der Waals surface area contributed by atoms with Crippen LogP contribution in [0.15, 0.2) is 99.4 Å². The van der Waals surface area contributed by atoms with E-state index in [2.05, 4.69) is 26.5 Å². The predicted molar refractivity (Wildman–Crippen MR) is 133 cm³/mol. The van der Waals surface area contributed by atoms with E-state index in [1.54, 1.807) is 42.6 Å². The molecule has 0 saturated heterocycles. The maximum absolute atomic E-state index is 13.1. The first-order valence-electron chi connectivity index (χ1n) is 10.2. The van der Waals surface area contributed by atoms with Gasteiger partial charge in [-0.25, -0.2) is 13.8 Å². The molecule has 1 heterocycles. The van der Waals surface area contributed by atoms with E-state index in [9.17, 15) is 13.2 Å². The molecule has 6 nitrogen and oxygen atoms in total. The van der Waals surface area contributed by atoms with Crippen LogP contribution in [0.1, 0.15) is 21.5 Å². The minimum atomic E-state index is -3.63. The lowest BCUT2D eigenvalue weighted by Gasteiger charge is -2.19. The van der Waals surface area contributed by atoms with E-state index in [-0.39, 0.29) is 12.5 Å². The molecule has 0 spiro atoms. The number of hydrogen-bond donors (Lipinski definition) is 1. The lowest BCUT2D eigenvalue weighted by molar-refractivity contribution is 0.0955. The largest absolute Gasteiger partial charge is 0.271 e. The number of rotatable bonds is 5. The maximum Gasteiger partial charge on any atom is 0.271 e. The van der Waals surface area contributed by atoms with Crippen molar-refractivity contribution in [1.82, 2.24) is 5.43 Å². The molecule has 0 aromatic heterocycles. The van der Waals surface area contributed by atoms with Gasteiger partial charge in [0.15, 0.2) is 0 Å². The average Bonchev–Trinajstić information content (AvgIpc) is 3.04. The van der Waals surface area contributed by atoms with Gasteiger partial charge in [0.05, 0.1) is 23.3 Å². The minimum absolute atomic E-state index is 0.179. The van der Waals surface area contributed by atoms with E-state index in [0.717, 1.165) is 26.4 Å². The van der Waals surface area contributed by atoms with Gasteiger partial charge < -0.3 is 0 Å². The van der Waals surface area contributed by atoms with Crippen molar-refractivity contribution in [1.29, 1.82) is 0 Å². The van der Waals surface area contributed by atoms with Gasteiger partial charge in [0, 0.05) is 21.0 Å². The Morgan fingerprint density at radius 2 is 1.67 bits per heavy atom. The van der Waals surface area contributed by atoms with E-state index < -0.39 is 10.0 Å². The Kier molecular flexibility index (Phi) is 5.47. The number of nitrogens with zero attached hydrogens (tertiary/aromatic N) is 2. The van der Waals surface area contributed by atoms with Crippen LogP contribution in [-0.4, -0.2) is 20.5 Å². The van der Waals surface area contributed by atoms with Crippen molar-refractivity contribution in [3.63, 3.8) is 0 Å². The summed E-state index contributed by atoms with van der Waals surface area (Å²) in [7, 11) is -3.63. The van der Waals surface area contributed by atoms with Crippen LogP contribution in [0.25, 0.3) is 10.8 Å². The van der Waals surface area contributed by atoms with Crippen molar-refractivity contribution < 1.29 is 13.2 Å². The first kappa shape index (κ1) is 21.4. The zero-order chi connectivity index (χ0) is 23.0. The van der Waals surface area contributed by atoms with Gasteiger partial charge in [-0.3, -0.25) is 9.10 Å². The van der Waals surface area contributed by atoms with Gasteiger partial charge in [-0.2, -0.15) is 5.10 Å². The number of halogens is 1. The fourth-order valence-corrected chi connectivity index (χ4v) is 5.95. The van der Waals surface area contributed by atoms with Crippen LogP contribution in [0.5, 0.6) is 0 Å². The number of anilines is 1. The third-order valence-electron chi connectivity index (χ3n) is 5.50. The van der Waals surface area contributed by atoms with Crippen LogP contribution in [0.3, 0.4) is 0 Å². The fourth-order valence-electron chi connectivity index (χ4n) is 3.86. The lowest BCUT2D eigenvalue weighted by Crippen LogP contribution is -2.26. The average molecular weight is 520 g/mol. The molecular formula is C25H18BrN3O3S. The highest BCUT2D eigenvalue weighted by molar-refractivity contribution is 9.10. The molecule has 0 aliphatic carbocycles. The highest BCUT2D eigenvalue weighted by Crippen LogP contribution is 2.42. The number of benzene rings is 4. The molecule has 164 valence electrons. The maximum atomic E-state index is 13.1. The van der Waals surface area contributed by atoms with Gasteiger partial charge in [0.25, 0.3) is 15.9 Å². The van der Waals surface area contributed by atoms with E-state index in [1.807, 2.05) is 48.5 Å². The van der Waals surface area contributed by atoms with Gasteiger partial charge in [-0.05, 0) is 41.3 Å². The van der Waals surface area contributed by atoms with Gasteiger partial charge >= 0.3 is 0 Å². The quantitative estimate of drug-likeness (QED) is 0.295. The smallest absolute Gasteiger partial charge is 0.267 e. The standard InChI is InChI=1S/C25H18BrN3O3S/c26-21-8-2-1-5-20(21)15-27-28-25(30)19-13-11-17(12-14-19)16-29-22-9-3-6-18-7-4-10-23(24(18)22)33(29,31)32/h1-15H,16H2,(H,28,30)/b27-15+. The molecule has 0 unspecified atom stereocenters. The first-order valence-corrected chi connectivity index (χ1v) is 12.4. The summed E-state index contributed by atoms with van der Waals surface area (Å²) in [6.07, 6.45) is 1.56. The number of carbonyl (C=O) groups excluding carboxylic acids is 1. The summed E-state index contributed by atoms with van der Waals surface area (Å²) in [5, 5.41) is 5.65. The molecule has 1 N–H and O–H groups in total. The van der Waals surface area contributed by atoms with Crippen molar-refractivity contribution in [2.45, 2.75) is 11.4 Å². The summed E-state index contributed by atoms with van der Waals surface area (Å²) in [6.45, 7) is 0.179. The van der Waals surface area contributed by atoms with Crippen molar-refractivity contribution in [3.05, 3.63) is 106 Å². The van der Waals surface area contributed by atoms with Crippen LogP contribution < -0.4 is 9.73 Å². The molecule has 0 fully saturated rings. The van der Waals surface area contributed by atoms with E-state index in [1.165, 1.54) is 4.31 Å². The number of sulfonamides is 1. The van der Waals surface area contributed by atoms with Crippen LogP contribution >= 0.6 is 15.9 Å². The minimum Gasteiger partial charge on any atom is -0.267 e. The Morgan fingerprint density at radius 3 is 2.42 bits per heavy atom. The number of amides is 1. The second-order valence-corrected chi connectivity index (χ2v) is 10.2. The van der Waals surface area contributed by atoms with Crippen molar-refractivity contribution >= 4 is 54.5 Å². The Bertz CT molecular complexity index is 1510. The molecule has 33 heavy (non-hydrogen) atoms. The molecular weight excluding hydrogens is 502 g/mol. The number of carbonyl (C=O) groups is 1. The highest BCUT2D eigenvalue weighted by Gasteiger charge is 2.35. The van der Waals surface area contributed by atoms with Gasteiger partial charge in [0.2, 0.25) is 0 Å². The van der Waals surface area contributed by atoms with E-state index in [4.69, 9.17) is 0 Å². The fraction of sp³-hybridized carbons (Fsp3) is 0.0400. The van der Waals surface area contributed by atoms with Gasteiger partial charge in [-0.1, -0.05) is 70.5 Å². The highest BCUT2D eigenvalue weighted by atomic mass is 79.9. The van der Waals surface area contributed by atoms with E-state index in [0.29, 0.717) is 16.1 Å². The summed E-state index contributed by atoms with van der Waals surface area (Å²) in [6, 6.07) is 25.3. The second-order valence-electron chi connectivity index (χ2n) is 7.56. The zero-order valence-corrected chi connectivity index (χ0v) is 19.7. The molecule has 0 radical (unpaired) electrons. The van der Waals surface area contributed by atoms with Crippen LogP contribution in [0.2, 0.25) is 0 Å². The second kappa shape index (κ2) is 8.46. The molecule has 4 aromatic rings. The lowest BCUT2D eigenvalue weighted by atomic mass is 10.1. The molecule has 5 rings (SSSR count). The van der Waals surface area contributed by atoms with Crippen LogP contribution in [0.4, 0.5) is 5.69 Å². The third kappa shape index (κ3) is 3.92. The Hall–Kier alpha value is -3.49. The summed E-state index contributed by atoms with van der Waals surface area (Å²) >= 11 is 3.43. The number of hydrazone groups is 1. The van der Waals surface area contributed by atoms with Crippen molar-refractivity contribution in [2.75, 3.05) is 4.31 Å². The first-order chi connectivity index (χ1) is 15.9. The van der Waals surface area contributed by atoms with Crippen LogP contribution in [0, 0.1) is 0 Å². The zero-order valence-electron chi connectivity index (χ0n) is 17.3. The summed E-state index contributed by atoms with van der Waals surface area (Å²) in [5.74, 6) is -0.351. The molecule has 8 heteroatoms. The normalized spacial score (nSPS) is 14.2. The molecule has 0 atom stereocenters. The van der Waals surface area contributed by atoms with Gasteiger partial charge in [-0.15, -0.1) is 0 Å². The summed E-state index contributed by atoms with van der Waals surface area (Å²) < 4.78 is 28.6. The molecule has 0 bridgehead atoms. The Balaban J connectivity index is 1.32. The Morgan fingerprint density at radius 1 is 0.939 bits per heavy atom. The van der Waals surface area contributed by atoms with Crippen molar-refractivity contribution in [3.8, 4) is 0 Å². The molecule has 4 aromatic carbocycles. The third-order valence-corrected chi connectivity index (χ3v) is 8.02. The Labute approximate surface area is 199 Å². The molecule has 1 amide bonds. The summed E-state index contributed by atoms with van der Waals surface area (Å²) in [5.41, 5.74) is 5.23. The molecule has 1 aliphatic heterocycles. The van der Waals surface area contributed by atoms with E-state index >= 15 is 0 Å². The van der Waals surface area contributed by atoms with Crippen LogP contribution in [-0.2, 0) is 16.6 Å².